The summed E-state index contributed by atoms with van der Waals surface area (Å²) in [4.78, 5) is 14.9. The molecule has 1 N–H and O–H groups in total. The van der Waals surface area contributed by atoms with E-state index in [4.69, 9.17) is 4.74 Å². The van der Waals surface area contributed by atoms with E-state index in [1.807, 2.05) is 48.6 Å². The first-order chi connectivity index (χ1) is 10.2. The minimum atomic E-state index is -0.0438. The van der Waals surface area contributed by atoms with Gasteiger partial charge in [-0.25, -0.2) is 0 Å². The number of pyridine rings is 1. The number of ether oxygens (including phenoxy) is 1. The minimum absolute atomic E-state index is 0.0438. The maximum absolute atomic E-state index is 10.8. The van der Waals surface area contributed by atoms with E-state index >= 15 is 0 Å². The Morgan fingerprint density at radius 2 is 2.10 bits per heavy atom. The molecule has 0 bridgehead atoms. The molecule has 1 amide bonds. The topological polar surface area (TPSA) is 51.2 Å². The molecule has 2 aromatic rings. The normalized spacial score (nSPS) is 10.5. The lowest BCUT2D eigenvalue weighted by atomic mass is 10.2. The van der Waals surface area contributed by atoms with E-state index in [-0.39, 0.29) is 5.91 Å². The van der Waals surface area contributed by atoms with Crippen LogP contribution in [0.2, 0.25) is 0 Å². The molecule has 0 radical (unpaired) electrons. The van der Waals surface area contributed by atoms with Gasteiger partial charge in [0.1, 0.15) is 12.4 Å². The van der Waals surface area contributed by atoms with Crippen LogP contribution in [-0.4, -0.2) is 17.4 Å². The van der Waals surface area contributed by atoms with Gasteiger partial charge in [0.25, 0.3) is 0 Å². The number of amides is 1. The molecular weight excluding hydrogens is 264 g/mol. The Kier molecular flexibility index (Phi) is 5.52. The Balaban J connectivity index is 1.90. The first-order valence-electron chi connectivity index (χ1n) is 6.77. The third-order valence-corrected chi connectivity index (χ3v) is 2.76. The van der Waals surface area contributed by atoms with Gasteiger partial charge in [0.15, 0.2) is 0 Å². The molecule has 0 spiro atoms. The number of carbonyl (C=O) groups is 1. The van der Waals surface area contributed by atoms with Crippen molar-refractivity contribution in [1.29, 1.82) is 0 Å². The molecule has 21 heavy (non-hydrogen) atoms. The molecule has 0 fully saturated rings. The first-order valence-corrected chi connectivity index (χ1v) is 6.77. The van der Waals surface area contributed by atoms with Crippen molar-refractivity contribution >= 4 is 12.0 Å². The van der Waals surface area contributed by atoms with E-state index in [1.165, 1.54) is 6.92 Å². The van der Waals surface area contributed by atoms with E-state index in [2.05, 4.69) is 10.3 Å². The molecule has 0 aliphatic carbocycles. The zero-order chi connectivity index (χ0) is 14.9. The summed E-state index contributed by atoms with van der Waals surface area (Å²) in [7, 11) is 0. The monoisotopic (exact) mass is 282 g/mol. The van der Waals surface area contributed by atoms with Gasteiger partial charge >= 0.3 is 0 Å². The smallest absolute Gasteiger partial charge is 0.217 e. The van der Waals surface area contributed by atoms with Gasteiger partial charge in [0.2, 0.25) is 5.91 Å². The Morgan fingerprint density at radius 1 is 1.29 bits per heavy atom. The van der Waals surface area contributed by atoms with Gasteiger partial charge in [-0.2, -0.15) is 0 Å². The molecule has 1 aromatic carbocycles. The summed E-state index contributed by atoms with van der Waals surface area (Å²) in [5, 5.41) is 2.70. The molecule has 0 aliphatic heterocycles. The predicted octanol–water partition coefficient (Wildman–Crippen LogP) is 2.81. The van der Waals surface area contributed by atoms with Crippen LogP contribution in [0.4, 0.5) is 0 Å². The zero-order valence-electron chi connectivity index (χ0n) is 12.0. The molecule has 2 rings (SSSR count). The zero-order valence-corrected chi connectivity index (χ0v) is 12.0. The standard InChI is InChI=1S/C17H18N2O2/c1-14(20)19-9-5-8-16-10-17(12-18-11-16)21-13-15-6-3-2-4-7-15/h2-8,10-12H,9,13H2,1H3,(H,19,20). The Hall–Kier alpha value is -2.62. The summed E-state index contributed by atoms with van der Waals surface area (Å²) in [5.74, 6) is 0.679. The molecule has 0 saturated carbocycles. The van der Waals surface area contributed by atoms with E-state index in [0.717, 1.165) is 16.9 Å². The number of rotatable bonds is 6. The van der Waals surface area contributed by atoms with Crippen molar-refractivity contribution in [2.45, 2.75) is 13.5 Å². The fourth-order valence-corrected chi connectivity index (χ4v) is 1.74. The summed E-state index contributed by atoms with van der Waals surface area (Å²) in [5.41, 5.74) is 2.05. The highest BCUT2D eigenvalue weighted by Gasteiger charge is 1.97. The Morgan fingerprint density at radius 3 is 2.86 bits per heavy atom. The highest BCUT2D eigenvalue weighted by Crippen LogP contribution is 2.14. The van der Waals surface area contributed by atoms with Crippen molar-refractivity contribution in [2.75, 3.05) is 6.54 Å². The van der Waals surface area contributed by atoms with Crippen LogP contribution in [0.25, 0.3) is 6.08 Å². The molecule has 1 heterocycles. The largest absolute Gasteiger partial charge is 0.487 e. The van der Waals surface area contributed by atoms with Crippen LogP contribution in [0.3, 0.4) is 0 Å². The SMILES string of the molecule is CC(=O)NCC=Cc1cncc(OCc2ccccc2)c1. The first kappa shape index (κ1) is 14.8. The molecular formula is C17H18N2O2. The summed E-state index contributed by atoms with van der Waals surface area (Å²) in [6.45, 7) is 2.51. The molecule has 0 saturated heterocycles. The van der Waals surface area contributed by atoms with Crippen molar-refractivity contribution in [1.82, 2.24) is 10.3 Å². The van der Waals surface area contributed by atoms with Crippen molar-refractivity contribution in [3.8, 4) is 5.75 Å². The fraction of sp³-hybridized carbons (Fsp3) is 0.176. The van der Waals surface area contributed by atoms with Gasteiger partial charge in [-0.1, -0.05) is 42.5 Å². The van der Waals surface area contributed by atoms with Gasteiger partial charge in [0, 0.05) is 19.7 Å². The number of benzene rings is 1. The third-order valence-electron chi connectivity index (χ3n) is 2.76. The second-order valence-corrected chi connectivity index (χ2v) is 4.57. The molecule has 1 aromatic heterocycles. The van der Waals surface area contributed by atoms with Gasteiger partial charge < -0.3 is 10.1 Å². The highest BCUT2D eigenvalue weighted by molar-refractivity contribution is 5.73. The highest BCUT2D eigenvalue weighted by atomic mass is 16.5. The summed E-state index contributed by atoms with van der Waals surface area (Å²) in [6.07, 6.45) is 7.21. The number of nitrogens with zero attached hydrogens (tertiary/aromatic N) is 1. The van der Waals surface area contributed by atoms with Crippen LogP contribution >= 0.6 is 0 Å². The molecule has 4 nitrogen and oxygen atoms in total. The molecule has 0 unspecified atom stereocenters. The van der Waals surface area contributed by atoms with Crippen LogP contribution in [0.15, 0.2) is 54.9 Å². The van der Waals surface area contributed by atoms with Crippen LogP contribution in [-0.2, 0) is 11.4 Å². The summed E-state index contributed by atoms with van der Waals surface area (Å²) < 4.78 is 5.71. The van der Waals surface area contributed by atoms with E-state index in [1.54, 1.807) is 12.4 Å². The van der Waals surface area contributed by atoms with Crippen LogP contribution in [0, 0.1) is 0 Å². The minimum Gasteiger partial charge on any atom is -0.487 e. The number of hydrogen-bond donors (Lipinski definition) is 1. The van der Waals surface area contributed by atoms with Crippen molar-refractivity contribution in [3.63, 3.8) is 0 Å². The van der Waals surface area contributed by atoms with Crippen molar-refractivity contribution < 1.29 is 9.53 Å². The lowest BCUT2D eigenvalue weighted by Gasteiger charge is -2.06. The molecule has 0 aliphatic rings. The van der Waals surface area contributed by atoms with Crippen LogP contribution < -0.4 is 10.1 Å². The molecule has 4 heteroatoms. The van der Waals surface area contributed by atoms with Gasteiger partial charge in [0.05, 0.1) is 6.20 Å². The van der Waals surface area contributed by atoms with Crippen LogP contribution in [0.1, 0.15) is 18.1 Å². The second-order valence-electron chi connectivity index (χ2n) is 4.57. The Bertz CT molecular complexity index is 609. The third kappa shape index (κ3) is 5.48. The summed E-state index contributed by atoms with van der Waals surface area (Å²) in [6, 6.07) is 11.9. The molecule has 108 valence electrons. The van der Waals surface area contributed by atoms with Crippen LogP contribution in [0.5, 0.6) is 5.75 Å². The Labute approximate surface area is 124 Å². The number of hydrogen-bond acceptors (Lipinski definition) is 3. The van der Waals surface area contributed by atoms with Gasteiger partial charge in [-0.3, -0.25) is 9.78 Å². The second kappa shape index (κ2) is 7.85. The van der Waals surface area contributed by atoms with Crippen molar-refractivity contribution in [3.05, 3.63) is 66.0 Å². The van der Waals surface area contributed by atoms with E-state index in [0.29, 0.717) is 13.2 Å². The van der Waals surface area contributed by atoms with E-state index < -0.39 is 0 Å². The predicted molar refractivity (Wildman–Crippen MR) is 82.7 cm³/mol. The average molecular weight is 282 g/mol. The lowest BCUT2D eigenvalue weighted by Crippen LogP contribution is -2.19. The lowest BCUT2D eigenvalue weighted by molar-refractivity contribution is -0.118. The van der Waals surface area contributed by atoms with Gasteiger partial charge in [-0.05, 0) is 17.2 Å². The van der Waals surface area contributed by atoms with E-state index in [9.17, 15) is 4.79 Å². The summed E-state index contributed by atoms with van der Waals surface area (Å²) >= 11 is 0. The number of carbonyl (C=O) groups excluding carboxylic acids is 1. The fourth-order valence-electron chi connectivity index (χ4n) is 1.74. The quantitative estimate of drug-likeness (QED) is 0.886. The maximum atomic E-state index is 10.8. The maximum Gasteiger partial charge on any atom is 0.217 e. The molecule has 0 atom stereocenters. The average Bonchev–Trinajstić information content (AvgIpc) is 2.51. The number of nitrogens with one attached hydrogen (secondary N) is 1. The van der Waals surface area contributed by atoms with Crippen molar-refractivity contribution in [2.24, 2.45) is 0 Å². The van der Waals surface area contributed by atoms with Gasteiger partial charge in [-0.15, -0.1) is 0 Å². The number of aromatic nitrogens is 1.